The molecule has 0 amide bonds. The Morgan fingerprint density at radius 2 is 1.94 bits per heavy atom. The molecule has 1 aromatic heterocycles. The van der Waals surface area contributed by atoms with E-state index in [1.807, 2.05) is 11.6 Å². The van der Waals surface area contributed by atoms with Crippen LogP contribution in [0.1, 0.15) is 17.0 Å². The van der Waals surface area contributed by atoms with Crippen LogP contribution in [0, 0.1) is 13.8 Å². The van der Waals surface area contributed by atoms with E-state index in [1.165, 1.54) is 5.56 Å². The van der Waals surface area contributed by atoms with Gasteiger partial charge in [-0.3, -0.25) is 0 Å². The van der Waals surface area contributed by atoms with Crippen LogP contribution in [0.15, 0.2) is 27.1 Å². The summed E-state index contributed by atoms with van der Waals surface area (Å²) >= 11 is 10.6. The number of hydrogen-bond donors (Lipinski definition) is 0. The van der Waals surface area contributed by atoms with Crippen LogP contribution in [0.25, 0.3) is 5.69 Å². The average Bonchev–Trinajstić information content (AvgIpc) is 2.57. The number of aryl methyl sites for hydroxylation is 1. The van der Waals surface area contributed by atoms with Gasteiger partial charge in [-0.25, -0.2) is 4.68 Å². The van der Waals surface area contributed by atoms with E-state index in [0.29, 0.717) is 0 Å². The molecule has 1 heterocycles. The number of nitrogens with zero attached hydrogens (tertiary/aromatic N) is 2. The number of hydrogen-bond acceptors (Lipinski definition) is 1. The molecule has 17 heavy (non-hydrogen) atoms. The van der Waals surface area contributed by atoms with Crippen molar-refractivity contribution in [3.63, 3.8) is 0 Å². The van der Waals surface area contributed by atoms with Crippen LogP contribution in [0.5, 0.6) is 0 Å². The summed E-state index contributed by atoms with van der Waals surface area (Å²) in [6.45, 7) is 4.04. The van der Waals surface area contributed by atoms with E-state index in [-0.39, 0.29) is 0 Å². The Bertz CT molecular complexity index is 561. The van der Waals surface area contributed by atoms with E-state index in [2.05, 4.69) is 78.0 Å². The monoisotopic (exact) mass is 420 g/mol. The maximum absolute atomic E-state index is 4.52. The fourth-order valence-corrected chi connectivity index (χ4v) is 2.85. The lowest BCUT2D eigenvalue weighted by Crippen LogP contribution is -2.00. The molecular formula is C12H11Br3N2. The Labute approximate surface area is 126 Å². The maximum Gasteiger partial charge on any atom is 0.0791 e. The number of rotatable bonds is 2. The van der Waals surface area contributed by atoms with Crippen LogP contribution >= 0.6 is 47.8 Å². The van der Waals surface area contributed by atoms with Crippen LogP contribution in [0.4, 0.5) is 0 Å². The molecule has 2 aromatic rings. The third kappa shape index (κ3) is 2.51. The van der Waals surface area contributed by atoms with E-state index in [1.54, 1.807) is 0 Å². The lowest BCUT2D eigenvalue weighted by Gasteiger charge is -2.08. The summed E-state index contributed by atoms with van der Waals surface area (Å²) in [4.78, 5) is 0. The van der Waals surface area contributed by atoms with Gasteiger partial charge in [0.05, 0.1) is 21.5 Å². The van der Waals surface area contributed by atoms with E-state index >= 15 is 0 Å². The van der Waals surface area contributed by atoms with Gasteiger partial charge in [-0.1, -0.05) is 22.0 Å². The molecular weight excluding hydrogens is 412 g/mol. The summed E-state index contributed by atoms with van der Waals surface area (Å²) < 4.78 is 4.06. The minimum absolute atomic E-state index is 0.854. The molecule has 0 saturated heterocycles. The summed E-state index contributed by atoms with van der Waals surface area (Å²) in [5, 5.41) is 5.38. The van der Waals surface area contributed by atoms with E-state index < -0.39 is 0 Å². The Kier molecular flexibility index (Phi) is 4.10. The Morgan fingerprint density at radius 1 is 1.24 bits per heavy atom. The molecule has 90 valence electrons. The van der Waals surface area contributed by atoms with Crippen molar-refractivity contribution in [1.82, 2.24) is 9.78 Å². The van der Waals surface area contributed by atoms with Crippen molar-refractivity contribution in [2.24, 2.45) is 0 Å². The zero-order valence-corrected chi connectivity index (χ0v) is 14.2. The van der Waals surface area contributed by atoms with E-state index in [0.717, 1.165) is 31.4 Å². The predicted octanol–water partition coefficient (Wildman–Crippen LogP) is 4.91. The highest BCUT2D eigenvalue weighted by Crippen LogP contribution is 2.28. The summed E-state index contributed by atoms with van der Waals surface area (Å²) in [7, 11) is 0. The SMILES string of the molecule is Cc1nn(-c2ccc(CBr)cc2Br)c(C)c1Br. The maximum atomic E-state index is 4.52. The molecule has 0 atom stereocenters. The Morgan fingerprint density at radius 3 is 2.41 bits per heavy atom. The van der Waals surface area contributed by atoms with Crippen LogP contribution in [0.2, 0.25) is 0 Å². The molecule has 0 aliphatic rings. The van der Waals surface area contributed by atoms with Crippen LogP contribution in [0.3, 0.4) is 0 Å². The standard InChI is InChI=1S/C12H11Br3N2/c1-7-12(15)8(2)17(16-7)11-4-3-9(6-13)5-10(11)14/h3-5H,6H2,1-2H3. The second kappa shape index (κ2) is 5.24. The molecule has 2 rings (SSSR count). The first kappa shape index (κ1) is 13.3. The molecule has 0 spiro atoms. The highest BCUT2D eigenvalue weighted by atomic mass is 79.9. The molecule has 0 unspecified atom stereocenters. The topological polar surface area (TPSA) is 17.8 Å². The highest BCUT2D eigenvalue weighted by Gasteiger charge is 2.12. The van der Waals surface area contributed by atoms with Gasteiger partial charge in [0.2, 0.25) is 0 Å². The van der Waals surface area contributed by atoms with Gasteiger partial charge < -0.3 is 0 Å². The second-order valence-electron chi connectivity index (χ2n) is 3.82. The van der Waals surface area contributed by atoms with Gasteiger partial charge in [0.1, 0.15) is 0 Å². The van der Waals surface area contributed by atoms with Crippen molar-refractivity contribution >= 4 is 47.8 Å². The summed E-state index contributed by atoms with van der Waals surface area (Å²) in [5.74, 6) is 0. The van der Waals surface area contributed by atoms with Crippen molar-refractivity contribution in [2.75, 3.05) is 0 Å². The van der Waals surface area contributed by atoms with Gasteiger partial charge in [-0.05, 0) is 63.4 Å². The molecule has 1 aromatic carbocycles. The third-order valence-corrected chi connectivity index (χ3v) is 5.03. The minimum atomic E-state index is 0.854. The zero-order chi connectivity index (χ0) is 12.6. The molecule has 0 fully saturated rings. The second-order valence-corrected chi connectivity index (χ2v) is 6.02. The van der Waals surface area contributed by atoms with E-state index in [4.69, 9.17) is 0 Å². The van der Waals surface area contributed by atoms with Gasteiger partial charge in [-0.15, -0.1) is 0 Å². The molecule has 2 nitrogen and oxygen atoms in total. The first-order valence-electron chi connectivity index (χ1n) is 5.11. The first-order chi connectivity index (χ1) is 8.04. The van der Waals surface area contributed by atoms with Crippen molar-refractivity contribution in [3.8, 4) is 5.69 Å². The molecule has 0 bridgehead atoms. The first-order valence-corrected chi connectivity index (χ1v) is 7.82. The van der Waals surface area contributed by atoms with Gasteiger partial charge in [0.25, 0.3) is 0 Å². The summed E-state index contributed by atoms with van der Waals surface area (Å²) in [6.07, 6.45) is 0. The molecule has 0 saturated carbocycles. The lowest BCUT2D eigenvalue weighted by atomic mass is 10.2. The zero-order valence-electron chi connectivity index (χ0n) is 9.47. The van der Waals surface area contributed by atoms with Gasteiger partial charge in [-0.2, -0.15) is 5.10 Å². The summed E-state index contributed by atoms with van der Waals surface area (Å²) in [6, 6.07) is 6.28. The van der Waals surface area contributed by atoms with Crippen molar-refractivity contribution in [1.29, 1.82) is 0 Å². The predicted molar refractivity (Wildman–Crippen MR) is 81.1 cm³/mol. The third-order valence-electron chi connectivity index (χ3n) is 2.60. The lowest BCUT2D eigenvalue weighted by molar-refractivity contribution is 0.829. The van der Waals surface area contributed by atoms with Crippen LogP contribution in [-0.4, -0.2) is 9.78 Å². The molecule has 0 aliphatic heterocycles. The highest BCUT2D eigenvalue weighted by molar-refractivity contribution is 9.11. The van der Waals surface area contributed by atoms with E-state index in [9.17, 15) is 0 Å². The number of benzene rings is 1. The fraction of sp³-hybridized carbons (Fsp3) is 0.250. The Balaban J connectivity index is 2.57. The molecule has 0 radical (unpaired) electrons. The number of halogens is 3. The quantitative estimate of drug-likeness (QED) is 0.629. The fourth-order valence-electron chi connectivity index (χ4n) is 1.66. The Hall–Kier alpha value is -0.130. The van der Waals surface area contributed by atoms with Crippen molar-refractivity contribution < 1.29 is 0 Å². The van der Waals surface area contributed by atoms with Crippen LogP contribution < -0.4 is 0 Å². The average molecular weight is 423 g/mol. The minimum Gasteiger partial charge on any atom is -0.236 e. The number of alkyl halides is 1. The van der Waals surface area contributed by atoms with Gasteiger partial charge in [0, 0.05) is 9.80 Å². The van der Waals surface area contributed by atoms with Crippen molar-refractivity contribution in [3.05, 3.63) is 44.1 Å². The molecule has 0 aliphatic carbocycles. The normalized spacial score (nSPS) is 10.9. The molecule has 0 N–H and O–H groups in total. The number of aromatic nitrogens is 2. The van der Waals surface area contributed by atoms with Crippen LogP contribution in [-0.2, 0) is 5.33 Å². The van der Waals surface area contributed by atoms with Crippen molar-refractivity contribution in [2.45, 2.75) is 19.2 Å². The van der Waals surface area contributed by atoms with Gasteiger partial charge in [0.15, 0.2) is 0 Å². The summed E-state index contributed by atoms with van der Waals surface area (Å²) in [5.41, 5.74) is 4.40. The van der Waals surface area contributed by atoms with Gasteiger partial charge >= 0.3 is 0 Å². The smallest absolute Gasteiger partial charge is 0.0791 e. The largest absolute Gasteiger partial charge is 0.236 e. The molecule has 5 heteroatoms.